The van der Waals surface area contributed by atoms with E-state index in [-0.39, 0.29) is 18.2 Å². The Kier molecular flexibility index (Phi) is 4.20. The van der Waals surface area contributed by atoms with Gasteiger partial charge in [0, 0.05) is 0 Å². The third kappa shape index (κ3) is 3.23. The van der Waals surface area contributed by atoms with E-state index in [0.29, 0.717) is 11.3 Å². The molecule has 0 unspecified atom stereocenters. The van der Waals surface area contributed by atoms with E-state index >= 15 is 0 Å². The molecule has 4 nitrogen and oxygen atoms in total. The Morgan fingerprint density at radius 1 is 1.28 bits per heavy atom. The lowest BCUT2D eigenvalue weighted by atomic mass is 9.95. The molecule has 18 heavy (non-hydrogen) atoms. The number of aliphatic hydroxyl groups is 1. The zero-order valence-corrected chi connectivity index (χ0v) is 10.5. The largest absolute Gasteiger partial charge is 0.490 e. The molecule has 1 saturated carbocycles. The number of methoxy groups -OCH3 is 1. The highest BCUT2D eigenvalue weighted by atomic mass is 16.5. The second-order valence-corrected chi connectivity index (χ2v) is 4.57. The third-order valence-corrected chi connectivity index (χ3v) is 3.20. The van der Waals surface area contributed by atoms with Crippen LogP contribution in [-0.4, -0.2) is 30.4 Å². The molecule has 0 aliphatic heterocycles. The summed E-state index contributed by atoms with van der Waals surface area (Å²) in [6, 6.07) is 7.00. The minimum absolute atomic E-state index is 0.126. The number of esters is 1. The SMILES string of the molecule is COC(=O)c1cccc(OC2CCC(O)CC2)c1. The standard InChI is InChI=1S/C14H18O4/c1-17-14(16)10-3-2-4-13(9-10)18-12-7-5-11(15)6-8-12/h2-4,9,11-12,15H,5-8H2,1H3. The third-order valence-electron chi connectivity index (χ3n) is 3.20. The maximum Gasteiger partial charge on any atom is 0.337 e. The van der Waals surface area contributed by atoms with Crippen LogP contribution < -0.4 is 4.74 Å². The summed E-state index contributed by atoms with van der Waals surface area (Å²) in [4.78, 5) is 11.4. The van der Waals surface area contributed by atoms with Crippen molar-refractivity contribution in [2.24, 2.45) is 0 Å². The normalized spacial score (nSPS) is 23.4. The van der Waals surface area contributed by atoms with Crippen molar-refractivity contribution in [1.82, 2.24) is 0 Å². The number of carbonyl (C=O) groups excluding carboxylic acids is 1. The van der Waals surface area contributed by atoms with Gasteiger partial charge in [-0.2, -0.15) is 0 Å². The van der Waals surface area contributed by atoms with Gasteiger partial charge in [-0.25, -0.2) is 4.79 Å². The molecule has 0 heterocycles. The fourth-order valence-electron chi connectivity index (χ4n) is 2.17. The molecular weight excluding hydrogens is 232 g/mol. The Morgan fingerprint density at radius 2 is 2.00 bits per heavy atom. The van der Waals surface area contributed by atoms with Crippen molar-refractivity contribution in [3.8, 4) is 5.75 Å². The lowest BCUT2D eigenvalue weighted by molar-refractivity contribution is 0.0596. The van der Waals surface area contributed by atoms with Gasteiger partial charge in [-0.1, -0.05) is 6.07 Å². The van der Waals surface area contributed by atoms with Crippen LogP contribution in [0, 0.1) is 0 Å². The van der Waals surface area contributed by atoms with Gasteiger partial charge in [-0.05, 0) is 43.9 Å². The van der Waals surface area contributed by atoms with Gasteiger partial charge in [-0.15, -0.1) is 0 Å². The van der Waals surface area contributed by atoms with Crippen molar-refractivity contribution in [1.29, 1.82) is 0 Å². The molecule has 1 fully saturated rings. The maximum atomic E-state index is 11.4. The van der Waals surface area contributed by atoms with Crippen LogP contribution in [0.5, 0.6) is 5.75 Å². The van der Waals surface area contributed by atoms with Gasteiger partial charge in [0.15, 0.2) is 0 Å². The Labute approximate surface area is 107 Å². The van der Waals surface area contributed by atoms with Gasteiger partial charge in [0.2, 0.25) is 0 Å². The number of hydrogen-bond donors (Lipinski definition) is 1. The first kappa shape index (κ1) is 12.9. The molecule has 0 atom stereocenters. The first-order chi connectivity index (χ1) is 8.69. The summed E-state index contributed by atoms with van der Waals surface area (Å²) in [7, 11) is 1.36. The number of carbonyl (C=O) groups is 1. The highest BCUT2D eigenvalue weighted by Gasteiger charge is 2.20. The highest BCUT2D eigenvalue weighted by molar-refractivity contribution is 5.89. The lowest BCUT2D eigenvalue weighted by Crippen LogP contribution is -2.26. The number of ether oxygens (including phenoxy) is 2. The van der Waals surface area contributed by atoms with Crippen LogP contribution in [0.3, 0.4) is 0 Å². The van der Waals surface area contributed by atoms with E-state index in [2.05, 4.69) is 4.74 Å². The first-order valence-electron chi connectivity index (χ1n) is 6.22. The molecular formula is C14H18O4. The van der Waals surface area contributed by atoms with Crippen LogP contribution in [0.25, 0.3) is 0 Å². The second kappa shape index (κ2) is 5.87. The fourth-order valence-corrected chi connectivity index (χ4v) is 2.17. The molecule has 0 radical (unpaired) electrons. The molecule has 0 bridgehead atoms. The summed E-state index contributed by atoms with van der Waals surface area (Å²) in [6.45, 7) is 0. The predicted octanol–water partition coefficient (Wildman–Crippen LogP) is 2.16. The zero-order valence-electron chi connectivity index (χ0n) is 10.5. The smallest absolute Gasteiger partial charge is 0.337 e. The number of benzene rings is 1. The topological polar surface area (TPSA) is 55.8 Å². The van der Waals surface area contributed by atoms with Gasteiger partial charge < -0.3 is 14.6 Å². The van der Waals surface area contributed by atoms with Gasteiger partial charge >= 0.3 is 5.97 Å². The second-order valence-electron chi connectivity index (χ2n) is 4.57. The van der Waals surface area contributed by atoms with Crippen molar-refractivity contribution in [3.05, 3.63) is 29.8 Å². The van der Waals surface area contributed by atoms with Gasteiger partial charge in [0.25, 0.3) is 0 Å². The minimum atomic E-state index is -0.362. The van der Waals surface area contributed by atoms with E-state index in [1.807, 2.05) is 6.07 Å². The highest BCUT2D eigenvalue weighted by Crippen LogP contribution is 2.24. The molecule has 4 heteroatoms. The van der Waals surface area contributed by atoms with Gasteiger partial charge in [-0.3, -0.25) is 0 Å². The summed E-state index contributed by atoms with van der Waals surface area (Å²) in [5.41, 5.74) is 0.492. The first-order valence-corrected chi connectivity index (χ1v) is 6.22. The molecule has 1 aromatic rings. The van der Waals surface area contributed by atoms with Crippen LogP contribution in [0.2, 0.25) is 0 Å². The maximum absolute atomic E-state index is 11.4. The van der Waals surface area contributed by atoms with E-state index in [1.165, 1.54) is 7.11 Å². The number of hydrogen-bond acceptors (Lipinski definition) is 4. The molecule has 1 aliphatic rings. The van der Waals surface area contributed by atoms with Crippen molar-refractivity contribution in [2.75, 3.05) is 7.11 Å². The van der Waals surface area contributed by atoms with E-state index < -0.39 is 0 Å². The van der Waals surface area contributed by atoms with Crippen LogP contribution >= 0.6 is 0 Å². The van der Waals surface area contributed by atoms with Crippen LogP contribution in [0.4, 0.5) is 0 Å². The average molecular weight is 250 g/mol. The van der Waals surface area contributed by atoms with Crippen molar-refractivity contribution < 1.29 is 19.4 Å². The predicted molar refractivity (Wildman–Crippen MR) is 66.7 cm³/mol. The van der Waals surface area contributed by atoms with E-state index in [4.69, 9.17) is 4.74 Å². The van der Waals surface area contributed by atoms with E-state index in [1.54, 1.807) is 18.2 Å². The number of rotatable bonds is 3. The van der Waals surface area contributed by atoms with Crippen molar-refractivity contribution in [2.45, 2.75) is 37.9 Å². The molecule has 0 saturated heterocycles. The summed E-state index contributed by atoms with van der Waals surface area (Å²) < 4.78 is 10.5. The molecule has 0 amide bonds. The van der Waals surface area contributed by atoms with Gasteiger partial charge in [0.1, 0.15) is 5.75 Å². The van der Waals surface area contributed by atoms with Crippen LogP contribution in [0.1, 0.15) is 36.0 Å². The molecule has 1 N–H and O–H groups in total. The summed E-state index contributed by atoms with van der Waals surface area (Å²) in [6.07, 6.45) is 3.20. The monoisotopic (exact) mass is 250 g/mol. The van der Waals surface area contributed by atoms with Crippen molar-refractivity contribution >= 4 is 5.97 Å². The molecule has 0 aromatic heterocycles. The Hall–Kier alpha value is -1.55. The van der Waals surface area contributed by atoms with E-state index in [0.717, 1.165) is 25.7 Å². The molecule has 1 aliphatic carbocycles. The Morgan fingerprint density at radius 3 is 2.67 bits per heavy atom. The van der Waals surface area contributed by atoms with E-state index in [9.17, 15) is 9.90 Å². The quantitative estimate of drug-likeness (QED) is 0.835. The van der Waals surface area contributed by atoms with Crippen molar-refractivity contribution in [3.63, 3.8) is 0 Å². The summed E-state index contributed by atoms with van der Waals surface area (Å²) >= 11 is 0. The molecule has 2 rings (SSSR count). The lowest BCUT2D eigenvalue weighted by Gasteiger charge is -2.26. The fraction of sp³-hybridized carbons (Fsp3) is 0.500. The van der Waals surface area contributed by atoms with Gasteiger partial charge in [0.05, 0.1) is 24.9 Å². The number of aliphatic hydroxyl groups excluding tert-OH is 1. The average Bonchev–Trinajstić information content (AvgIpc) is 2.41. The molecule has 0 spiro atoms. The summed E-state index contributed by atoms with van der Waals surface area (Å²) in [5, 5.41) is 9.43. The zero-order chi connectivity index (χ0) is 13.0. The van der Waals surface area contributed by atoms with Crippen LogP contribution in [0.15, 0.2) is 24.3 Å². The molecule has 98 valence electrons. The summed E-state index contributed by atoms with van der Waals surface area (Å²) in [5.74, 6) is 0.318. The Balaban J connectivity index is 1.99. The van der Waals surface area contributed by atoms with Crippen LogP contribution in [-0.2, 0) is 4.74 Å². The molecule has 1 aromatic carbocycles. The minimum Gasteiger partial charge on any atom is -0.490 e. The Bertz CT molecular complexity index is 408.